The van der Waals surface area contributed by atoms with Crippen LogP contribution in [0.5, 0.6) is 0 Å². The van der Waals surface area contributed by atoms with Crippen LogP contribution in [-0.4, -0.2) is 30.8 Å². The molecule has 2 aromatic heterocycles. The lowest BCUT2D eigenvalue weighted by Crippen LogP contribution is -2.42. The fraction of sp³-hybridized carbons (Fsp3) is 0. The molecule has 6 N–H and O–H groups in total. The van der Waals surface area contributed by atoms with E-state index in [4.69, 9.17) is 0 Å². The van der Waals surface area contributed by atoms with Crippen LogP contribution in [0.25, 0.3) is 0 Å². The number of hydrogen-bond donors (Lipinski definition) is 6. The van der Waals surface area contributed by atoms with Crippen molar-refractivity contribution in [3.8, 4) is 0 Å². The number of aromatic amines is 6. The highest BCUT2D eigenvalue weighted by molar-refractivity contribution is 4.78. The molecule has 0 saturated carbocycles. The van der Waals surface area contributed by atoms with Crippen molar-refractivity contribution in [1.82, 2.24) is 30.8 Å². The Morgan fingerprint density at radius 3 is 0.833 bits per heavy atom. The maximum Gasteiger partial charge on any atom is 0.317 e. The number of rotatable bonds is 0. The summed E-state index contributed by atoms with van der Waals surface area (Å²) < 4.78 is 0. The lowest BCUT2D eigenvalue weighted by Gasteiger charge is -1.78. The van der Waals surface area contributed by atoms with E-state index in [0.29, 0.717) is 0 Å². The predicted octanol–water partition coefficient (Wildman–Crippen LogP) is -4.50. The molecule has 12 nitrogen and oxygen atoms in total. The lowest BCUT2D eigenvalue weighted by molar-refractivity contribution is 0.803. The summed E-state index contributed by atoms with van der Waals surface area (Å²) in [5, 5.41) is 11.6. The lowest BCUT2D eigenvalue weighted by atomic mass is 10.6. The summed E-state index contributed by atoms with van der Waals surface area (Å²) in [4.78, 5) is 61.4. The van der Waals surface area contributed by atoms with Crippen LogP contribution in [0.4, 0.5) is 0 Å². The van der Waals surface area contributed by atoms with Crippen molar-refractivity contribution in [3.63, 3.8) is 0 Å². The zero-order chi connectivity index (χ0) is 13.7. The minimum atomic E-state index is -1.09. The number of hydrogen-bond acceptors (Lipinski definition) is 6. The van der Waals surface area contributed by atoms with E-state index in [1.54, 1.807) is 0 Å². The molecule has 96 valence electrons. The first kappa shape index (κ1) is 12.9. The molecule has 0 aliphatic heterocycles. The van der Waals surface area contributed by atoms with Crippen LogP contribution in [0.1, 0.15) is 0 Å². The Labute approximate surface area is 93.7 Å². The first-order chi connectivity index (χ1) is 8.43. The third-order valence-electron chi connectivity index (χ3n) is 1.53. The summed E-state index contributed by atoms with van der Waals surface area (Å²) in [5.41, 5.74) is -5.96. The normalized spacial score (nSPS) is 9.33. The summed E-state index contributed by atoms with van der Waals surface area (Å²) in [6.07, 6.45) is 0. The first-order valence-corrected chi connectivity index (χ1v) is 4.22. The zero-order valence-electron chi connectivity index (χ0n) is 8.45. The molecule has 0 amide bonds. The Hall–Kier alpha value is -3.18. The molecule has 2 heterocycles. The molecule has 18 heavy (non-hydrogen) atoms. The minimum absolute atomic E-state index is 0.946. The van der Waals surface area contributed by atoms with E-state index >= 15 is 0 Å². The monoisotopic (exact) mass is 258 g/mol. The Morgan fingerprint density at radius 2 is 0.667 bits per heavy atom. The molecule has 0 aliphatic rings. The molecule has 2 rings (SSSR count). The van der Waals surface area contributed by atoms with Gasteiger partial charge < -0.3 is 0 Å². The van der Waals surface area contributed by atoms with E-state index in [9.17, 15) is 28.8 Å². The smallest absolute Gasteiger partial charge is 0.277 e. The van der Waals surface area contributed by atoms with E-state index in [1.807, 2.05) is 30.8 Å². The van der Waals surface area contributed by atoms with Crippen LogP contribution >= 0.6 is 0 Å². The quantitative estimate of drug-likeness (QED) is 0.257. The molecule has 0 radical (unpaired) electrons. The molecule has 12 heteroatoms. The zero-order valence-corrected chi connectivity index (χ0v) is 8.45. The molecule has 0 aliphatic carbocycles. The van der Waals surface area contributed by atoms with E-state index < -0.39 is 33.1 Å². The van der Waals surface area contributed by atoms with Crippen LogP contribution in [0.2, 0.25) is 0 Å². The maximum absolute atomic E-state index is 10.3. The first-order valence-electron chi connectivity index (χ1n) is 4.22. The molecule has 0 atom stereocenters. The van der Waals surface area contributed by atoms with Crippen LogP contribution in [0.15, 0.2) is 28.8 Å². The predicted molar refractivity (Wildman–Crippen MR) is 56.6 cm³/mol. The van der Waals surface area contributed by atoms with Gasteiger partial charge in [0.2, 0.25) is 0 Å². The van der Waals surface area contributed by atoms with E-state index in [2.05, 4.69) is 0 Å². The Balaban J connectivity index is 0.000000180. The second-order valence-electron chi connectivity index (χ2n) is 2.72. The second kappa shape index (κ2) is 5.24. The summed E-state index contributed by atoms with van der Waals surface area (Å²) >= 11 is 0. The van der Waals surface area contributed by atoms with Gasteiger partial charge in [0.05, 0.1) is 0 Å². The highest BCUT2D eigenvalue weighted by Crippen LogP contribution is 1.30. The standard InChI is InChI=1S/2C3H3N3O3/c2*7-1-2(8)4-6-5-3(1)9/h2*(H,6,7)(H2,4,5,8,9). The summed E-state index contributed by atoms with van der Waals surface area (Å²) in [6.45, 7) is 0. The van der Waals surface area contributed by atoms with Gasteiger partial charge >= 0.3 is 33.1 Å². The fourth-order valence-electron chi connectivity index (χ4n) is 0.723. The number of nitrogens with one attached hydrogen (secondary N) is 6. The van der Waals surface area contributed by atoms with Gasteiger partial charge in [-0.2, -0.15) is 0 Å². The molecule has 0 spiro atoms. The van der Waals surface area contributed by atoms with E-state index in [1.165, 1.54) is 0 Å². The van der Waals surface area contributed by atoms with Crippen LogP contribution in [0, 0.1) is 0 Å². The molecule has 2 aromatic rings. The summed E-state index contributed by atoms with van der Waals surface area (Å²) in [6, 6.07) is 0. The third-order valence-corrected chi connectivity index (χ3v) is 1.53. The van der Waals surface area contributed by atoms with Gasteiger partial charge in [-0.15, -0.1) is 0 Å². The van der Waals surface area contributed by atoms with Crippen molar-refractivity contribution in [1.29, 1.82) is 0 Å². The van der Waals surface area contributed by atoms with Gasteiger partial charge in [-0.25, -0.2) is 30.8 Å². The van der Waals surface area contributed by atoms with Gasteiger partial charge in [0, 0.05) is 0 Å². The minimum Gasteiger partial charge on any atom is -0.277 e. The molecular weight excluding hydrogens is 252 g/mol. The van der Waals surface area contributed by atoms with Gasteiger partial charge in [-0.1, -0.05) is 0 Å². The van der Waals surface area contributed by atoms with Gasteiger partial charge in [-0.3, -0.25) is 28.8 Å². The van der Waals surface area contributed by atoms with Crippen LogP contribution < -0.4 is 33.1 Å². The van der Waals surface area contributed by atoms with Crippen molar-refractivity contribution in [2.75, 3.05) is 0 Å². The molecule has 0 aromatic carbocycles. The molecule has 0 unspecified atom stereocenters. The second-order valence-corrected chi connectivity index (χ2v) is 2.72. The molecule has 0 bridgehead atoms. The third kappa shape index (κ3) is 2.91. The molecule has 0 saturated heterocycles. The Kier molecular flexibility index (Phi) is 3.75. The van der Waals surface area contributed by atoms with Crippen molar-refractivity contribution >= 4 is 0 Å². The van der Waals surface area contributed by atoms with E-state index in [-0.39, 0.29) is 0 Å². The van der Waals surface area contributed by atoms with Crippen LogP contribution in [-0.2, 0) is 0 Å². The van der Waals surface area contributed by atoms with Crippen molar-refractivity contribution < 1.29 is 0 Å². The van der Waals surface area contributed by atoms with Gasteiger partial charge in [0.15, 0.2) is 0 Å². The fourth-order valence-corrected chi connectivity index (χ4v) is 0.723. The number of aromatic nitrogens is 6. The topological polar surface area (TPSA) is 197 Å². The Morgan fingerprint density at radius 1 is 0.444 bits per heavy atom. The van der Waals surface area contributed by atoms with Crippen molar-refractivity contribution in [2.24, 2.45) is 0 Å². The molecule has 0 fully saturated rings. The SMILES string of the molecule is O=c1[nH][nH][nH]c(=O)c1=O.O=c1[nH][nH][nH]c(=O)c1=O. The largest absolute Gasteiger partial charge is 0.317 e. The van der Waals surface area contributed by atoms with Gasteiger partial charge in [-0.05, 0) is 0 Å². The maximum atomic E-state index is 10.3. The van der Waals surface area contributed by atoms with Gasteiger partial charge in [0.1, 0.15) is 0 Å². The van der Waals surface area contributed by atoms with E-state index in [0.717, 1.165) is 0 Å². The number of H-pyrrole nitrogens is 6. The van der Waals surface area contributed by atoms with Crippen molar-refractivity contribution in [3.05, 3.63) is 61.9 Å². The van der Waals surface area contributed by atoms with Gasteiger partial charge in [0.25, 0.3) is 0 Å². The average molecular weight is 258 g/mol. The van der Waals surface area contributed by atoms with Crippen molar-refractivity contribution in [2.45, 2.75) is 0 Å². The highest BCUT2D eigenvalue weighted by Gasteiger charge is 1.94. The Bertz CT molecular complexity index is 722. The van der Waals surface area contributed by atoms with Crippen LogP contribution in [0.3, 0.4) is 0 Å². The highest BCUT2D eigenvalue weighted by atomic mass is 16.2. The average Bonchev–Trinajstić information content (AvgIpc) is 2.34. The summed E-state index contributed by atoms with van der Waals surface area (Å²) in [7, 11) is 0. The summed E-state index contributed by atoms with van der Waals surface area (Å²) in [5.74, 6) is 0. The molecular formula is C6H6N6O6.